The molecule has 6 heteroatoms. The molecular formula is C15H21N3O3. The van der Waals surface area contributed by atoms with Crippen LogP contribution >= 0.6 is 0 Å². The third kappa shape index (κ3) is 4.46. The number of hydrogen-bond acceptors (Lipinski definition) is 3. The molecule has 1 aromatic carbocycles. The molecule has 1 aromatic rings. The zero-order chi connectivity index (χ0) is 15.4. The Bertz CT molecular complexity index is 511. The number of carboxylic acids is 1. The molecule has 114 valence electrons. The molecule has 1 aliphatic rings. The topological polar surface area (TPSA) is 81.7 Å². The summed E-state index contributed by atoms with van der Waals surface area (Å²) in [5, 5.41) is 14.3. The van der Waals surface area contributed by atoms with Crippen LogP contribution < -0.4 is 10.6 Å². The SMILES string of the molecule is CC(CNC(=O)Nc1ccc(C(=O)O)cc1)N(C)C1CC1. The van der Waals surface area contributed by atoms with Crippen LogP contribution in [0.25, 0.3) is 0 Å². The summed E-state index contributed by atoms with van der Waals surface area (Å²) in [5.41, 5.74) is 0.765. The van der Waals surface area contributed by atoms with E-state index in [9.17, 15) is 9.59 Å². The van der Waals surface area contributed by atoms with Gasteiger partial charge in [0, 0.05) is 24.3 Å². The van der Waals surface area contributed by atoms with Crippen molar-refractivity contribution >= 4 is 17.7 Å². The molecule has 0 aromatic heterocycles. The van der Waals surface area contributed by atoms with Crippen molar-refractivity contribution in [1.82, 2.24) is 10.2 Å². The number of rotatable bonds is 6. The maximum atomic E-state index is 11.8. The van der Waals surface area contributed by atoms with Crippen molar-refractivity contribution in [3.05, 3.63) is 29.8 Å². The zero-order valence-electron chi connectivity index (χ0n) is 12.3. The quantitative estimate of drug-likeness (QED) is 0.748. The highest BCUT2D eigenvalue weighted by Crippen LogP contribution is 2.26. The third-order valence-electron chi connectivity index (χ3n) is 3.77. The van der Waals surface area contributed by atoms with Crippen molar-refractivity contribution in [2.45, 2.75) is 31.8 Å². The highest BCUT2D eigenvalue weighted by atomic mass is 16.4. The van der Waals surface area contributed by atoms with E-state index in [2.05, 4.69) is 29.5 Å². The Hall–Kier alpha value is -2.08. The number of nitrogens with zero attached hydrogens (tertiary/aromatic N) is 1. The normalized spacial score (nSPS) is 15.6. The molecule has 21 heavy (non-hydrogen) atoms. The number of carboxylic acid groups (broad SMARTS) is 1. The van der Waals surface area contributed by atoms with Gasteiger partial charge in [-0.05, 0) is 51.1 Å². The van der Waals surface area contributed by atoms with Crippen LogP contribution in [0.1, 0.15) is 30.1 Å². The van der Waals surface area contributed by atoms with E-state index in [0.717, 1.165) is 0 Å². The number of hydrogen-bond donors (Lipinski definition) is 3. The van der Waals surface area contributed by atoms with Gasteiger partial charge in [-0.3, -0.25) is 4.90 Å². The molecule has 1 unspecified atom stereocenters. The van der Waals surface area contributed by atoms with Gasteiger partial charge in [-0.15, -0.1) is 0 Å². The van der Waals surface area contributed by atoms with Crippen LogP contribution in [0.4, 0.5) is 10.5 Å². The fourth-order valence-corrected chi connectivity index (χ4v) is 2.10. The maximum Gasteiger partial charge on any atom is 0.335 e. The Kier molecular flexibility index (Phi) is 4.80. The van der Waals surface area contributed by atoms with E-state index in [4.69, 9.17) is 5.11 Å². The second-order valence-corrected chi connectivity index (χ2v) is 5.46. The fraction of sp³-hybridized carbons (Fsp3) is 0.467. The van der Waals surface area contributed by atoms with Gasteiger partial charge in [0.05, 0.1) is 5.56 Å². The van der Waals surface area contributed by atoms with Gasteiger partial charge in [0.15, 0.2) is 0 Å². The molecule has 2 rings (SSSR count). The van der Waals surface area contributed by atoms with Crippen LogP contribution in [0, 0.1) is 0 Å². The molecule has 3 N–H and O–H groups in total. The summed E-state index contributed by atoms with van der Waals surface area (Å²) in [6.45, 7) is 2.66. The van der Waals surface area contributed by atoms with Crippen LogP contribution in [-0.2, 0) is 0 Å². The number of amides is 2. The minimum Gasteiger partial charge on any atom is -0.478 e. The van der Waals surface area contributed by atoms with E-state index in [1.54, 1.807) is 12.1 Å². The standard InChI is InChI=1S/C15H21N3O3/c1-10(18(2)13-7-8-13)9-16-15(21)17-12-5-3-11(4-6-12)14(19)20/h3-6,10,13H,7-9H2,1-2H3,(H,19,20)(H2,16,17,21). The number of carbonyl (C=O) groups excluding carboxylic acids is 1. The second-order valence-electron chi connectivity index (χ2n) is 5.46. The number of nitrogens with one attached hydrogen (secondary N) is 2. The van der Waals surface area contributed by atoms with Crippen LogP contribution in [0.15, 0.2) is 24.3 Å². The average molecular weight is 291 g/mol. The number of anilines is 1. The molecule has 1 aliphatic carbocycles. The third-order valence-corrected chi connectivity index (χ3v) is 3.77. The van der Waals surface area contributed by atoms with E-state index in [1.807, 2.05) is 0 Å². The molecule has 1 atom stereocenters. The monoisotopic (exact) mass is 291 g/mol. The van der Waals surface area contributed by atoms with Gasteiger partial charge < -0.3 is 15.7 Å². The van der Waals surface area contributed by atoms with Crippen molar-refractivity contribution in [2.24, 2.45) is 0 Å². The van der Waals surface area contributed by atoms with Crippen LogP contribution in [-0.4, -0.2) is 47.7 Å². The van der Waals surface area contributed by atoms with Gasteiger partial charge in [0.1, 0.15) is 0 Å². The molecule has 6 nitrogen and oxygen atoms in total. The summed E-state index contributed by atoms with van der Waals surface area (Å²) < 4.78 is 0. The smallest absolute Gasteiger partial charge is 0.335 e. The predicted octanol–water partition coefficient (Wildman–Crippen LogP) is 1.99. The molecule has 0 bridgehead atoms. The van der Waals surface area contributed by atoms with E-state index in [-0.39, 0.29) is 17.6 Å². The van der Waals surface area contributed by atoms with Gasteiger partial charge in [0.25, 0.3) is 0 Å². The van der Waals surface area contributed by atoms with Crippen molar-refractivity contribution in [2.75, 3.05) is 18.9 Å². The second kappa shape index (κ2) is 6.58. The Labute approximate surface area is 124 Å². The average Bonchev–Trinajstić information content (AvgIpc) is 3.29. The summed E-state index contributed by atoms with van der Waals surface area (Å²) in [6.07, 6.45) is 2.48. The number of carbonyl (C=O) groups is 2. The molecule has 0 radical (unpaired) electrons. The van der Waals surface area contributed by atoms with Gasteiger partial charge >= 0.3 is 12.0 Å². The summed E-state index contributed by atoms with van der Waals surface area (Å²) in [4.78, 5) is 24.8. The highest BCUT2D eigenvalue weighted by Gasteiger charge is 2.29. The Balaban J connectivity index is 1.77. The highest BCUT2D eigenvalue weighted by molar-refractivity contribution is 5.91. The molecule has 1 fully saturated rings. The van der Waals surface area contributed by atoms with Crippen molar-refractivity contribution in [3.63, 3.8) is 0 Å². The first-order valence-electron chi connectivity index (χ1n) is 7.07. The number of benzene rings is 1. The molecule has 0 saturated heterocycles. The molecular weight excluding hydrogens is 270 g/mol. The van der Waals surface area contributed by atoms with E-state index in [1.165, 1.54) is 25.0 Å². The van der Waals surface area contributed by atoms with Gasteiger partial charge in [-0.2, -0.15) is 0 Å². The zero-order valence-corrected chi connectivity index (χ0v) is 12.3. The van der Waals surface area contributed by atoms with E-state index >= 15 is 0 Å². The van der Waals surface area contributed by atoms with Crippen molar-refractivity contribution in [1.29, 1.82) is 0 Å². The number of aromatic carboxylic acids is 1. The first-order chi connectivity index (χ1) is 9.97. The maximum absolute atomic E-state index is 11.8. The van der Waals surface area contributed by atoms with E-state index in [0.29, 0.717) is 18.3 Å². The van der Waals surface area contributed by atoms with Crippen LogP contribution in [0.5, 0.6) is 0 Å². The Morgan fingerprint density at radius 2 is 1.95 bits per heavy atom. The number of urea groups is 1. The van der Waals surface area contributed by atoms with Gasteiger partial charge in [-0.1, -0.05) is 0 Å². The van der Waals surface area contributed by atoms with Crippen LogP contribution in [0.3, 0.4) is 0 Å². The fourth-order valence-electron chi connectivity index (χ4n) is 2.10. The van der Waals surface area contributed by atoms with Gasteiger partial charge in [-0.25, -0.2) is 9.59 Å². The lowest BCUT2D eigenvalue weighted by molar-refractivity contribution is 0.0697. The summed E-state index contributed by atoms with van der Waals surface area (Å²) in [6, 6.07) is 6.73. The molecule has 0 spiro atoms. The summed E-state index contributed by atoms with van der Waals surface area (Å²) in [7, 11) is 2.08. The lowest BCUT2D eigenvalue weighted by atomic mass is 10.2. The molecule has 0 aliphatic heterocycles. The lowest BCUT2D eigenvalue weighted by Gasteiger charge is -2.24. The largest absolute Gasteiger partial charge is 0.478 e. The Morgan fingerprint density at radius 3 is 2.48 bits per heavy atom. The Morgan fingerprint density at radius 1 is 1.33 bits per heavy atom. The molecule has 0 heterocycles. The van der Waals surface area contributed by atoms with Crippen molar-refractivity contribution < 1.29 is 14.7 Å². The minimum absolute atomic E-state index is 0.195. The molecule has 1 saturated carbocycles. The first kappa shape index (κ1) is 15.3. The molecule has 2 amide bonds. The predicted molar refractivity (Wildman–Crippen MR) is 80.7 cm³/mol. The minimum atomic E-state index is -0.983. The summed E-state index contributed by atoms with van der Waals surface area (Å²) >= 11 is 0. The lowest BCUT2D eigenvalue weighted by Crippen LogP contribution is -2.42. The van der Waals surface area contributed by atoms with Gasteiger partial charge in [0.2, 0.25) is 0 Å². The number of likely N-dealkylation sites (N-methyl/N-ethyl adjacent to an activating group) is 1. The summed E-state index contributed by atoms with van der Waals surface area (Å²) in [5.74, 6) is -0.983. The van der Waals surface area contributed by atoms with Crippen molar-refractivity contribution in [3.8, 4) is 0 Å². The van der Waals surface area contributed by atoms with Crippen LogP contribution in [0.2, 0.25) is 0 Å². The van der Waals surface area contributed by atoms with E-state index < -0.39 is 5.97 Å². The first-order valence-corrected chi connectivity index (χ1v) is 7.07.